The molecule has 0 aliphatic heterocycles. The van der Waals surface area contributed by atoms with E-state index in [0.29, 0.717) is 34.6 Å². The van der Waals surface area contributed by atoms with Crippen LogP contribution in [0.15, 0.2) is 81.1 Å². The molecule has 0 saturated carbocycles. The topological polar surface area (TPSA) is 95.7 Å². The predicted octanol–water partition coefficient (Wildman–Crippen LogP) is 4.57. The zero-order valence-corrected chi connectivity index (χ0v) is 16.8. The number of hydrogen-bond donors (Lipinski definition) is 0. The lowest BCUT2D eigenvalue weighted by molar-refractivity contribution is 0.399. The van der Waals surface area contributed by atoms with Crippen molar-refractivity contribution in [3.05, 3.63) is 78.6 Å². The summed E-state index contributed by atoms with van der Waals surface area (Å²) in [7, 11) is 0. The van der Waals surface area contributed by atoms with Gasteiger partial charge in [0.15, 0.2) is 5.16 Å². The van der Waals surface area contributed by atoms with Crippen molar-refractivity contribution >= 4 is 11.8 Å². The number of aryl methyl sites for hydroxylation is 1. The molecule has 0 unspecified atom stereocenters. The fourth-order valence-corrected chi connectivity index (χ4v) is 3.81. The second-order valence-corrected chi connectivity index (χ2v) is 7.38. The molecule has 5 rings (SSSR count). The molecule has 5 aromatic rings. The standard InChI is InChI=1S/C21H16N6O2S/c1-14-18(19(26-29-14)15-8-4-2-5-9-15)20-24-23-17(28-20)12-30-21-25-22-13-27(21)16-10-6-3-7-11-16/h2-11,13H,12H2,1H3. The highest BCUT2D eigenvalue weighted by atomic mass is 32.2. The van der Waals surface area contributed by atoms with Crippen molar-refractivity contribution in [1.29, 1.82) is 0 Å². The van der Waals surface area contributed by atoms with E-state index in [1.807, 2.05) is 72.2 Å². The van der Waals surface area contributed by atoms with Gasteiger partial charge in [-0.25, -0.2) is 0 Å². The third-order valence-corrected chi connectivity index (χ3v) is 5.39. The van der Waals surface area contributed by atoms with Crippen LogP contribution in [0.1, 0.15) is 11.7 Å². The maximum Gasteiger partial charge on any atom is 0.253 e. The third-order valence-electron chi connectivity index (χ3n) is 4.47. The van der Waals surface area contributed by atoms with Crippen molar-refractivity contribution in [3.63, 3.8) is 0 Å². The maximum absolute atomic E-state index is 5.91. The first-order chi connectivity index (χ1) is 14.8. The zero-order valence-electron chi connectivity index (χ0n) is 16.0. The summed E-state index contributed by atoms with van der Waals surface area (Å²) in [6, 6.07) is 19.7. The van der Waals surface area contributed by atoms with Gasteiger partial charge in [-0.15, -0.1) is 20.4 Å². The molecule has 0 amide bonds. The van der Waals surface area contributed by atoms with Gasteiger partial charge in [-0.1, -0.05) is 65.4 Å². The van der Waals surface area contributed by atoms with Crippen LogP contribution in [-0.4, -0.2) is 30.1 Å². The van der Waals surface area contributed by atoms with Crippen molar-refractivity contribution in [3.8, 4) is 28.4 Å². The number of thioether (sulfide) groups is 1. The molecule has 0 saturated heterocycles. The summed E-state index contributed by atoms with van der Waals surface area (Å²) in [5.41, 5.74) is 3.30. The summed E-state index contributed by atoms with van der Waals surface area (Å²) in [6.45, 7) is 1.83. The molecule has 3 aromatic heterocycles. The Hall–Kier alpha value is -3.72. The molecule has 0 N–H and O–H groups in total. The van der Waals surface area contributed by atoms with Crippen LogP contribution in [0.5, 0.6) is 0 Å². The Labute approximate surface area is 176 Å². The highest BCUT2D eigenvalue weighted by Gasteiger charge is 2.22. The molecule has 9 heteroatoms. The lowest BCUT2D eigenvalue weighted by Gasteiger charge is -2.04. The number of aromatic nitrogens is 6. The van der Waals surface area contributed by atoms with Crippen LogP contribution in [0.25, 0.3) is 28.4 Å². The minimum absolute atomic E-state index is 0.382. The van der Waals surface area contributed by atoms with Crippen molar-refractivity contribution in [2.24, 2.45) is 0 Å². The quantitative estimate of drug-likeness (QED) is 0.371. The molecular weight excluding hydrogens is 400 g/mol. The summed E-state index contributed by atoms with van der Waals surface area (Å²) in [4.78, 5) is 0. The first-order valence-electron chi connectivity index (χ1n) is 9.22. The number of benzene rings is 2. The molecule has 0 aliphatic rings. The summed E-state index contributed by atoms with van der Waals surface area (Å²) in [6.07, 6.45) is 1.68. The normalized spacial score (nSPS) is 11.1. The number of para-hydroxylation sites is 1. The SMILES string of the molecule is Cc1onc(-c2ccccc2)c1-c1nnc(CSc2nncn2-c2ccccc2)o1. The second kappa shape index (κ2) is 7.96. The van der Waals surface area contributed by atoms with Gasteiger partial charge in [-0.05, 0) is 19.1 Å². The van der Waals surface area contributed by atoms with E-state index in [4.69, 9.17) is 8.94 Å². The first kappa shape index (κ1) is 18.3. The molecule has 0 bridgehead atoms. The van der Waals surface area contributed by atoms with Crippen LogP contribution < -0.4 is 0 Å². The Morgan fingerprint density at radius 3 is 2.50 bits per heavy atom. The predicted molar refractivity (Wildman–Crippen MR) is 111 cm³/mol. The van der Waals surface area contributed by atoms with Gasteiger partial charge in [0.1, 0.15) is 23.3 Å². The monoisotopic (exact) mass is 416 g/mol. The van der Waals surface area contributed by atoms with Crippen LogP contribution in [0, 0.1) is 6.92 Å². The maximum atomic E-state index is 5.91. The van der Waals surface area contributed by atoms with Gasteiger partial charge in [0.25, 0.3) is 5.89 Å². The second-order valence-electron chi connectivity index (χ2n) is 6.44. The van der Waals surface area contributed by atoms with E-state index in [-0.39, 0.29) is 0 Å². The van der Waals surface area contributed by atoms with Gasteiger partial charge >= 0.3 is 0 Å². The average molecular weight is 416 g/mol. The van der Waals surface area contributed by atoms with Gasteiger partial charge in [0.2, 0.25) is 5.89 Å². The molecule has 0 atom stereocenters. The number of hydrogen-bond acceptors (Lipinski definition) is 8. The van der Waals surface area contributed by atoms with E-state index >= 15 is 0 Å². The number of nitrogens with zero attached hydrogens (tertiary/aromatic N) is 6. The Kier molecular flexibility index (Phi) is 4.86. The lowest BCUT2D eigenvalue weighted by Crippen LogP contribution is -1.94. The molecule has 30 heavy (non-hydrogen) atoms. The molecule has 0 fully saturated rings. The Bertz CT molecular complexity index is 1260. The summed E-state index contributed by atoms with van der Waals surface area (Å²) in [5, 5.41) is 21.5. The fraction of sp³-hybridized carbons (Fsp3) is 0.0952. The van der Waals surface area contributed by atoms with Crippen LogP contribution in [0.2, 0.25) is 0 Å². The highest BCUT2D eigenvalue weighted by Crippen LogP contribution is 2.34. The van der Waals surface area contributed by atoms with Crippen molar-refractivity contribution in [1.82, 2.24) is 30.1 Å². The molecule has 3 heterocycles. The Balaban J connectivity index is 1.37. The van der Waals surface area contributed by atoms with Gasteiger partial charge in [0.05, 0.1) is 5.75 Å². The number of rotatable bonds is 6. The summed E-state index contributed by atoms with van der Waals surface area (Å²) < 4.78 is 13.2. The van der Waals surface area contributed by atoms with Gasteiger partial charge < -0.3 is 8.94 Å². The molecule has 0 radical (unpaired) electrons. The van der Waals surface area contributed by atoms with E-state index in [1.165, 1.54) is 11.8 Å². The van der Waals surface area contributed by atoms with Crippen LogP contribution in [-0.2, 0) is 5.75 Å². The van der Waals surface area contributed by atoms with E-state index in [9.17, 15) is 0 Å². The van der Waals surface area contributed by atoms with Crippen LogP contribution in [0.3, 0.4) is 0 Å². The van der Waals surface area contributed by atoms with Gasteiger partial charge in [0, 0.05) is 11.3 Å². The van der Waals surface area contributed by atoms with Crippen LogP contribution in [0.4, 0.5) is 0 Å². The van der Waals surface area contributed by atoms with Crippen LogP contribution >= 0.6 is 11.8 Å². The third kappa shape index (κ3) is 3.50. The van der Waals surface area contributed by atoms with E-state index in [2.05, 4.69) is 25.6 Å². The average Bonchev–Trinajstić information content (AvgIpc) is 3.53. The van der Waals surface area contributed by atoms with E-state index < -0.39 is 0 Å². The minimum Gasteiger partial charge on any atom is -0.420 e. The van der Waals surface area contributed by atoms with Crippen molar-refractivity contribution < 1.29 is 8.94 Å². The van der Waals surface area contributed by atoms with Gasteiger partial charge in [-0.2, -0.15) is 0 Å². The molecule has 8 nitrogen and oxygen atoms in total. The molecular formula is C21H16N6O2S. The summed E-state index contributed by atoms with van der Waals surface area (Å²) in [5.74, 6) is 1.95. The highest BCUT2D eigenvalue weighted by molar-refractivity contribution is 7.98. The Morgan fingerprint density at radius 2 is 1.70 bits per heavy atom. The molecule has 148 valence electrons. The smallest absolute Gasteiger partial charge is 0.253 e. The van der Waals surface area contributed by atoms with E-state index in [1.54, 1.807) is 6.33 Å². The summed E-state index contributed by atoms with van der Waals surface area (Å²) >= 11 is 1.47. The molecule has 0 aliphatic carbocycles. The lowest BCUT2D eigenvalue weighted by atomic mass is 10.1. The van der Waals surface area contributed by atoms with Gasteiger partial charge in [-0.3, -0.25) is 4.57 Å². The first-order valence-corrected chi connectivity index (χ1v) is 10.2. The minimum atomic E-state index is 0.382. The molecule has 0 spiro atoms. The van der Waals surface area contributed by atoms with E-state index in [0.717, 1.165) is 16.4 Å². The fourth-order valence-electron chi connectivity index (χ4n) is 3.04. The van der Waals surface area contributed by atoms with Crippen molar-refractivity contribution in [2.75, 3.05) is 0 Å². The Morgan fingerprint density at radius 1 is 0.933 bits per heavy atom. The molecule has 2 aromatic carbocycles. The largest absolute Gasteiger partial charge is 0.420 e. The van der Waals surface area contributed by atoms with Crippen molar-refractivity contribution in [2.45, 2.75) is 17.8 Å². The zero-order chi connectivity index (χ0) is 20.3.